The second kappa shape index (κ2) is 5.35. The fourth-order valence-corrected chi connectivity index (χ4v) is 1.57. The zero-order chi connectivity index (χ0) is 13.8. The number of hydrogen-bond acceptors (Lipinski definition) is 4. The molecule has 4 heteroatoms. The number of carbonyl (C=O) groups excluding carboxylic acids is 2. The van der Waals surface area contributed by atoms with E-state index >= 15 is 0 Å². The number of phenols is 1. The molecule has 0 aliphatic heterocycles. The highest BCUT2D eigenvalue weighted by Crippen LogP contribution is 2.21. The summed E-state index contributed by atoms with van der Waals surface area (Å²) in [6, 6.07) is 12.7. The average Bonchev–Trinajstić information content (AvgIpc) is 2.39. The van der Waals surface area contributed by atoms with Crippen LogP contribution in [0.2, 0.25) is 0 Å². The molecule has 2 rings (SSSR count). The van der Waals surface area contributed by atoms with E-state index < -0.39 is 5.97 Å². The lowest BCUT2D eigenvalue weighted by molar-refractivity contribution is 0.0731. The summed E-state index contributed by atoms with van der Waals surface area (Å²) < 4.78 is 5.10. The van der Waals surface area contributed by atoms with Crippen molar-refractivity contribution in [2.45, 2.75) is 6.92 Å². The minimum atomic E-state index is -0.668. The van der Waals surface area contributed by atoms with Crippen molar-refractivity contribution in [2.24, 2.45) is 0 Å². The van der Waals surface area contributed by atoms with Gasteiger partial charge in [-0.1, -0.05) is 24.3 Å². The van der Waals surface area contributed by atoms with Crippen LogP contribution >= 0.6 is 0 Å². The largest absolute Gasteiger partial charge is 0.507 e. The van der Waals surface area contributed by atoms with Crippen LogP contribution in [0.25, 0.3) is 0 Å². The quantitative estimate of drug-likeness (QED) is 0.521. The number of phenolic OH excluding ortho intramolecular Hbond substituents is 1. The van der Waals surface area contributed by atoms with E-state index in [0.29, 0.717) is 11.3 Å². The smallest absolute Gasteiger partial charge is 0.347 e. The predicted octanol–water partition coefficient (Wildman–Crippen LogP) is 2.81. The van der Waals surface area contributed by atoms with E-state index in [2.05, 4.69) is 0 Å². The summed E-state index contributed by atoms with van der Waals surface area (Å²) in [7, 11) is 0. The zero-order valence-electron chi connectivity index (χ0n) is 10.3. The molecule has 0 radical (unpaired) electrons. The van der Waals surface area contributed by atoms with Crippen LogP contribution in [0, 0.1) is 0 Å². The minimum Gasteiger partial charge on any atom is -0.507 e. The van der Waals surface area contributed by atoms with Crippen LogP contribution < -0.4 is 4.74 Å². The van der Waals surface area contributed by atoms with Gasteiger partial charge in [0.15, 0.2) is 5.78 Å². The number of rotatable bonds is 3. The fraction of sp³-hybridized carbons (Fsp3) is 0.0667. The molecule has 0 atom stereocenters. The lowest BCUT2D eigenvalue weighted by Crippen LogP contribution is -2.09. The normalized spacial score (nSPS) is 9.95. The molecule has 0 aromatic heterocycles. The number of aromatic hydroxyl groups is 1. The molecule has 0 aliphatic rings. The van der Waals surface area contributed by atoms with Gasteiger partial charge in [0.2, 0.25) is 0 Å². The van der Waals surface area contributed by atoms with Gasteiger partial charge in [0.25, 0.3) is 0 Å². The molecule has 1 N–H and O–H groups in total. The van der Waals surface area contributed by atoms with Crippen molar-refractivity contribution < 1.29 is 19.4 Å². The minimum absolute atomic E-state index is 0.0221. The Morgan fingerprint density at radius 1 is 1.05 bits per heavy atom. The first-order chi connectivity index (χ1) is 9.08. The Morgan fingerprint density at radius 3 is 2.32 bits per heavy atom. The van der Waals surface area contributed by atoms with Crippen molar-refractivity contribution >= 4 is 11.8 Å². The topological polar surface area (TPSA) is 63.6 Å². The van der Waals surface area contributed by atoms with Gasteiger partial charge in [-0.2, -0.15) is 0 Å². The highest BCUT2D eigenvalue weighted by Gasteiger charge is 2.14. The van der Waals surface area contributed by atoms with Crippen LogP contribution in [0.5, 0.6) is 11.5 Å². The summed E-state index contributed by atoms with van der Waals surface area (Å²) in [5.74, 6) is -0.728. The van der Waals surface area contributed by atoms with E-state index in [1.807, 2.05) is 0 Å². The van der Waals surface area contributed by atoms with Gasteiger partial charge in [-0.15, -0.1) is 0 Å². The number of hydrogen-bond donors (Lipinski definition) is 1. The number of Topliss-reactive ketones (excluding diaryl/α,β-unsaturated/α-hetero) is 1. The Balaban J connectivity index is 2.22. The molecule has 2 aromatic carbocycles. The Labute approximate surface area is 110 Å². The molecule has 0 fully saturated rings. The second-order valence-corrected chi connectivity index (χ2v) is 3.99. The molecule has 4 nitrogen and oxygen atoms in total. The Morgan fingerprint density at radius 2 is 1.74 bits per heavy atom. The molecule has 0 amide bonds. The van der Waals surface area contributed by atoms with Gasteiger partial charge < -0.3 is 9.84 Å². The van der Waals surface area contributed by atoms with E-state index in [0.717, 1.165) is 0 Å². The molecule has 96 valence electrons. The van der Waals surface area contributed by atoms with Crippen LogP contribution in [0.3, 0.4) is 0 Å². The molecule has 0 unspecified atom stereocenters. The highest BCUT2D eigenvalue weighted by molar-refractivity contribution is 5.98. The van der Waals surface area contributed by atoms with Crippen LogP contribution in [0.4, 0.5) is 0 Å². The molecule has 0 aliphatic carbocycles. The summed E-state index contributed by atoms with van der Waals surface area (Å²) in [5.41, 5.74) is 0.364. The molecule has 0 saturated heterocycles. The van der Waals surface area contributed by atoms with E-state index in [1.54, 1.807) is 30.3 Å². The lowest BCUT2D eigenvalue weighted by atomic mass is 10.1. The molecular weight excluding hydrogens is 244 g/mol. The summed E-state index contributed by atoms with van der Waals surface area (Å²) in [4.78, 5) is 23.0. The lowest BCUT2D eigenvalue weighted by Gasteiger charge is -2.06. The number of ketones is 1. The second-order valence-electron chi connectivity index (χ2n) is 3.99. The fourth-order valence-electron chi connectivity index (χ4n) is 1.57. The van der Waals surface area contributed by atoms with Gasteiger partial charge in [-0.3, -0.25) is 4.79 Å². The highest BCUT2D eigenvalue weighted by atomic mass is 16.5. The third kappa shape index (κ3) is 2.98. The molecular formula is C15H12O4. The van der Waals surface area contributed by atoms with E-state index in [1.165, 1.54) is 25.1 Å². The number of para-hydroxylation sites is 1. The number of esters is 1. The molecule has 0 bridgehead atoms. The van der Waals surface area contributed by atoms with Crippen LogP contribution in [-0.2, 0) is 0 Å². The number of benzene rings is 2. The van der Waals surface area contributed by atoms with Gasteiger partial charge in [-0.05, 0) is 31.2 Å². The standard InChI is InChI=1S/C15H12O4/c1-10(16)11-7-8-13(14(17)9-11)15(18)19-12-5-3-2-4-6-12/h2-9,17H,1H3. The van der Waals surface area contributed by atoms with E-state index in [9.17, 15) is 14.7 Å². The van der Waals surface area contributed by atoms with Crippen molar-refractivity contribution in [2.75, 3.05) is 0 Å². The van der Waals surface area contributed by atoms with Crippen LogP contribution in [-0.4, -0.2) is 16.9 Å². The SMILES string of the molecule is CC(=O)c1ccc(C(=O)Oc2ccccc2)c(O)c1. The summed E-state index contributed by atoms with van der Waals surface area (Å²) in [5, 5.41) is 9.74. The number of ether oxygens (including phenoxy) is 1. The van der Waals surface area contributed by atoms with Gasteiger partial charge in [0.05, 0.1) is 0 Å². The maximum absolute atomic E-state index is 11.8. The van der Waals surface area contributed by atoms with Crippen molar-refractivity contribution in [3.05, 3.63) is 59.7 Å². The summed E-state index contributed by atoms with van der Waals surface area (Å²) in [6.07, 6.45) is 0. The van der Waals surface area contributed by atoms with Crippen molar-refractivity contribution in [1.82, 2.24) is 0 Å². The average molecular weight is 256 g/mol. The molecule has 0 heterocycles. The Kier molecular flexibility index (Phi) is 3.61. The van der Waals surface area contributed by atoms with Crippen molar-refractivity contribution in [3.8, 4) is 11.5 Å². The van der Waals surface area contributed by atoms with Gasteiger partial charge in [-0.25, -0.2) is 4.79 Å². The molecule has 19 heavy (non-hydrogen) atoms. The van der Waals surface area contributed by atoms with Crippen molar-refractivity contribution in [3.63, 3.8) is 0 Å². The van der Waals surface area contributed by atoms with Crippen molar-refractivity contribution in [1.29, 1.82) is 0 Å². The Bertz CT molecular complexity index is 617. The maximum atomic E-state index is 11.8. The summed E-state index contributed by atoms with van der Waals surface area (Å²) >= 11 is 0. The molecule has 0 spiro atoms. The first-order valence-electron chi connectivity index (χ1n) is 5.69. The van der Waals surface area contributed by atoms with E-state index in [-0.39, 0.29) is 17.1 Å². The maximum Gasteiger partial charge on any atom is 0.347 e. The third-order valence-corrected chi connectivity index (χ3v) is 2.58. The zero-order valence-corrected chi connectivity index (χ0v) is 10.3. The molecule has 2 aromatic rings. The summed E-state index contributed by atoms with van der Waals surface area (Å²) in [6.45, 7) is 1.39. The first kappa shape index (κ1) is 12.8. The molecule has 0 saturated carbocycles. The first-order valence-corrected chi connectivity index (χ1v) is 5.69. The van der Waals surface area contributed by atoms with Gasteiger partial charge in [0, 0.05) is 5.56 Å². The number of carbonyl (C=O) groups is 2. The van der Waals surface area contributed by atoms with Gasteiger partial charge in [0.1, 0.15) is 17.1 Å². The predicted molar refractivity (Wildman–Crippen MR) is 69.5 cm³/mol. The van der Waals surface area contributed by atoms with Crippen LogP contribution in [0.15, 0.2) is 48.5 Å². The monoisotopic (exact) mass is 256 g/mol. The Hall–Kier alpha value is -2.62. The third-order valence-electron chi connectivity index (χ3n) is 2.58. The van der Waals surface area contributed by atoms with E-state index in [4.69, 9.17) is 4.74 Å². The van der Waals surface area contributed by atoms with Crippen LogP contribution in [0.1, 0.15) is 27.6 Å². The van der Waals surface area contributed by atoms with Gasteiger partial charge >= 0.3 is 5.97 Å².